The van der Waals surface area contributed by atoms with Gasteiger partial charge >= 0.3 is 5.97 Å². The lowest BCUT2D eigenvalue weighted by Gasteiger charge is -2.11. The van der Waals surface area contributed by atoms with Crippen LogP contribution in [0.1, 0.15) is 33.2 Å². The highest BCUT2D eigenvalue weighted by atomic mass is 16.5. The fourth-order valence-electron chi connectivity index (χ4n) is 2.57. The second-order valence-electron chi connectivity index (χ2n) is 6.14. The first-order valence-corrected chi connectivity index (χ1v) is 8.94. The normalized spacial score (nSPS) is 10.2. The van der Waals surface area contributed by atoms with Crippen LogP contribution in [0.2, 0.25) is 0 Å². The third-order valence-corrected chi connectivity index (χ3v) is 4.02. The largest absolute Gasteiger partial charge is 0.462 e. The number of esters is 1. The van der Waals surface area contributed by atoms with E-state index in [0.29, 0.717) is 34.9 Å². The third-order valence-electron chi connectivity index (χ3n) is 4.02. The number of hydrogen-bond acceptors (Lipinski definition) is 5. The van der Waals surface area contributed by atoms with Crippen molar-refractivity contribution in [3.63, 3.8) is 0 Å². The van der Waals surface area contributed by atoms with Crippen molar-refractivity contribution in [3.05, 3.63) is 83.6 Å². The standard InChI is InChI=1S/C22H21N3O3/c1-3-28-22(27)18-6-4-5-7-19(18)24-17-12-13-20(23-14-17)25-21(26)16-10-8-15(2)9-11-16/h4-14,24H,3H2,1-2H3,(H,23,25,26). The fourth-order valence-corrected chi connectivity index (χ4v) is 2.57. The molecule has 6 heteroatoms. The van der Waals surface area contributed by atoms with Crippen molar-refractivity contribution in [3.8, 4) is 0 Å². The number of amides is 1. The molecule has 2 aromatic carbocycles. The van der Waals surface area contributed by atoms with Crippen molar-refractivity contribution < 1.29 is 14.3 Å². The van der Waals surface area contributed by atoms with Gasteiger partial charge in [-0.3, -0.25) is 4.79 Å². The molecule has 0 aliphatic carbocycles. The second-order valence-corrected chi connectivity index (χ2v) is 6.14. The number of aromatic nitrogens is 1. The van der Waals surface area contributed by atoms with Gasteiger partial charge in [0.2, 0.25) is 0 Å². The summed E-state index contributed by atoms with van der Waals surface area (Å²) < 4.78 is 5.08. The number of nitrogens with zero attached hydrogens (tertiary/aromatic N) is 1. The van der Waals surface area contributed by atoms with Gasteiger partial charge in [-0.25, -0.2) is 9.78 Å². The molecule has 0 fully saturated rings. The van der Waals surface area contributed by atoms with Gasteiger partial charge in [0.05, 0.1) is 29.7 Å². The zero-order valence-corrected chi connectivity index (χ0v) is 15.7. The van der Waals surface area contributed by atoms with E-state index in [9.17, 15) is 9.59 Å². The summed E-state index contributed by atoms with van der Waals surface area (Å²) in [6.45, 7) is 4.04. The highest BCUT2D eigenvalue weighted by Crippen LogP contribution is 2.22. The maximum atomic E-state index is 12.3. The van der Waals surface area contributed by atoms with Crippen LogP contribution in [0.5, 0.6) is 0 Å². The Morgan fingerprint density at radius 2 is 1.75 bits per heavy atom. The van der Waals surface area contributed by atoms with Crippen molar-refractivity contribution in [1.29, 1.82) is 0 Å². The maximum Gasteiger partial charge on any atom is 0.340 e. The number of carbonyl (C=O) groups is 2. The average Bonchev–Trinajstić information content (AvgIpc) is 2.70. The fraction of sp³-hybridized carbons (Fsp3) is 0.136. The number of nitrogens with one attached hydrogen (secondary N) is 2. The van der Waals surface area contributed by atoms with Crippen LogP contribution in [0.4, 0.5) is 17.2 Å². The van der Waals surface area contributed by atoms with Gasteiger partial charge in [-0.2, -0.15) is 0 Å². The predicted molar refractivity (Wildman–Crippen MR) is 109 cm³/mol. The summed E-state index contributed by atoms with van der Waals surface area (Å²) in [6, 6.07) is 17.9. The number of para-hydroxylation sites is 1. The molecule has 0 bridgehead atoms. The first kappa shape index (κ1) is 19.1. The molecule has 3 rings (SSSR count). The Labute approximate surface area is 163 Å². The number of benzene rings is 2. The van der Waals surface area contributed by atoms with E-state index < -0.39 is 0 Å². The lowest BCUT2D eigenvalue weighted by Crippen LogP contribution is -2.13. The third kappa shape index (κ3) is 4.73. The Hall–Kier alpha value is -3.67. The highest BCUT2D eigenvalue weighted by Gasteiger charge is 2.12. The van der Waals surface area contributed by atoms with Crippen LogP contribution in [0, 0.1) is 6.92 Å². The first-order chi connectivity index (χ1) is 13.6. The zero-order chi connectivity index (χ0) is 19.9. The molecule has 1 amide bonds. The summed E-state index contributed by atoms with van der Waals surface area (Å²) in [7, 11) is 0. The number of hydrogen-bond donors (Lipinski definition) is 2. The smallest absolute Gasteiger partial charge is 0.340 e. The van der Waals surface area contributed by atoms with E-state index in [1.165, 1.54) is 0 Å². The summed E-state index contributed by atoms with van der Waals surface area (Å²) in [5, 5.41) is 5.92. The molecule has 1 heterocycles. The molecular weight excluding hydrogens is 354 g/mol. The van der Waals surface area contributed by atoms with Crippen molar-refractivity contribution >= 4 is 29.1 Å². The van der Waals surface area contributed by atoms with Crippen molar-refractivity contribution in [1.82, 2.24) is 4.98 Å². The number of pyridine rings is 1. The molecule has 0 unspecified atom stereocenters. The minimum absolute atomic E-state index is 0.221. The Balaban J connectivity index is 1.69. The van der Waals surface area contributed by atoms with Gasteiger partial charge < -0.3 is 15.4 Å². The molecule has 0 spiro atoms. The first-order valence-electron chi connectivity index (χ1n) is 8.94. The van der Waals surface area contributed by atoms with Gasteiger partial charge in [-0.15, -0.1) is 0 Å². The minimum atomic E-state index is -0.388. The van der Waals surface area contributed by atoms with Gasteiger partial charge in [-0.05, 0) is 50.2 Å². The van der Waals surface area contributed by atoms with Crippen LogP contribution in [0.15, 0.2) is 66.9 Å². The lowest BCUT2D eigenvalue weighted by molar-refractivity contribution is 0.0527. The van der Waals surface area contributed by atoms with Crippen LogP contribution in [0.3, 0.4) is 0 Å². The Kier molecular flexibility index (Phi) is 6.01. The quantitative estimate of drug-likeness (QED) is 0.617. The molecule has 0 radical (unpaired) electrons. The van der Waals surface area contributed by atoms with E-state index in [2.05, 4.69) is 15.6 Å². The molecular formula is C22H21N3O3. The topological polar surface area (TPSA) is 80.3 Å². The lowest BCUT2D eigenvalue weighted by atomic mass is 10.1. The molecule has 6 nitrogen and oxygen atoms in total. The summed E-state index contributed by atoms with van der Waals surface area (Å²) in [5.74, 6) is -0.170. The van der Waals surface area contributed by atoms with Crippen LogP contribution in [-0.4, -0.2) is 23.5 Å². The summed E-state index contributed by atoms with van der Waals surface area (Å²) in [5.41, 5.74) is 3.41. The maximum absolute atomic E-state index is 12.3. The monoisotopic (exact) mass is 375 g/mol. The van der Waals surface area contributed by atoms with Gasteiger partial charge in [0.15, 0.2) is 0 Å². The second kappa shape index (κ2) is 8.81. The number of rotatable bonds is 6. The molecule has 0 atom stereocenters. The zero-order valence-electron chi connectivity index (χ0n) is 15.7. The van der Waals surface area contributed by atoms with Crippen molar-refractivity contribution in [2.45, 2.75) is 13.8 Å². The van der Waals surface area contributed by atoms with E-state index in [4.69, 9.17) is 4.74 Å². The van der Waals surface area contributed by atoms with Crippen molar-refractivity contribution in [2.75, 3.05) is 17.2 Å². The van der Waals surface area contributed by atoms with E-state index in [-0.39, 0.29) is 11.9 Å². The summed E-state index contributed by atoms with van der Waals surface area (Å²) in [4.78, 5) is 28.6. The van der Waals surface area contributed by atoms with Gasteiger partial charge in [0.25, 0.3) is 5.91 Å². The van der Waals surface area contributed by atoms with Crippen LogP contribution in [0.25, 0.3) is 0 Å². The SMILES string of the molecule is CCOC(=O)c1ccccc1Nc1ccc(NC(=O)c2ccc(C)cc2)nc1. The molecule has 1 aromatic heterocycles. The molecule has 0 aliphatic rings. The van der Waals surface area contributed by atoms with Crippen LogP contribution >= 0.6 is 0 Å². The van der Waals surface area contributed by atoms with Crippen molar-refractivity contribution in [2.24, 2.45) is 0 Å². The number of carbonyl (C=O) groups excluding carboxylic acids is 2. The van der Waals surface area contributed by atoms with Crippen LogP contribution in [-0.2, 0) is 4.74 Å². The average molecular weight is 375 g/mol. The molecule has 3 aromatic rings. The molecule has 28 heavy (non-hydrogen) atoms. The Morgan fingerprint density at radius 1 is 1.00 bits per heavy atom. The van der Waals surface area contributed by atoms with Gasteiger partial charge in [0.1, 0.15) is 5.82 Å². The van der Waals surface area contributed by atoms with E-state index >= 15 is 0 Å². The summed E-state index contributed by atoms with van der Waals surface area (Å²) in [6.07, 6.45) is 1.59. The van der Waals surface area contributed by atoms with Gasteiger partial charge in [-0.1, -0.05) is 29.8 Å². The molecule has 0 aliphatic heterocycles. The Morgan fingerprint density at radius 3 is 2.43 bits per heavy atom. The molecule has 0 saturated heterocycles. The molecule has 142 valence electrons. The summed E-state index contributed by atoms with van der Waals surface area (Å²) >= 11 is 0. The number of ether oxygens (including phenoxy) is 1. The number of anilines is 3. The Bertz CT molecular complexity index is 967. The molecule has 2 N–H and O–H groups in total. The predicted octanol–water partition coefficient (Wildman–Crippen LogP) is 4.56. The van der Waals surface area contributed by atoms with Gasteiger partial charge in [0, 0.05) is 5.56 Å². The van der Waals surface area contributed by atoms with E-state index in [1.807, 2.05) is 25.1 Å². The van der Waals surface area contributed by atoms with E-state index in [0.717, 1.165) is 5.56 Å². The minimum Gasteiger partial charge on any atom is -0.462 e. The van der Waals surface area contributed by atoms with E-state index in [1.54, 1.807) is 55.6 Å². The highest BCUT2D eigenvalue weighted by molar-refractivity contribution is 6.03. The van der Waals surface area contributed by atoms with Crippen LogP contribution < -0.4 is 10.6 Å². The number of aryl methyl sites for hydroxylation is 1. The molecule has 0 saturated carbocycles.